The van der Waals surface area contributed by atoms with Crippen LogP contribution in [0, 0.1) is 5.92 Å². The normalized spacial score (nSPS) is 11.3. The van der Waals surface area contributed by atoms with Crippen molar-refractivity contribution in [3.8, 4) is 5.69 Å². The van der Waals surface area contributed by atoms with Gasteiger partial charge in [0.25, 0.3) is 0 Å². The van der Waals surface area contributed by atoms with Gasteiger partial charge in [0.05, 0.1) is 11.4 Å². The van der Waals surface area contributed by atoms with Crippen LogP contribution in [0.1, 0.15) is 55.4 Å². The van der Waals surface area contributed by atoms with Gasteiger partial charge in [-0.25, -0.2) is 4.68 Å². The Hall–Kier alpha value is -1.97. The van der Waals surface area contributed by atoms with Gasteiger partial charge in [-0.2, -0.15) is 0 Å². The van der Waals surface area contributed by atoms with Crippen LogP contribution in [-0.2, 0) is 6.42 Å². The summed E-state index contributed by atoms with van der Waals surface area (Å²) in [6.45, 7) is 8.57. The van der Waals surface area contributed by atoms with Crippen molar-refractivity contribution in [2.75, 3.05) is 0 Å². The van der Waals surface area contributed by atoms with E-state index < -0.39 is 0 Å². The molecule has 0 aliphatic rings. The molecule has 20 heavy (non-hydrogen) atoms. The zero-order valence-corrected chi connectivity index (χ0v) is 12.5. The molecule has 0 saturated carbocycles. The molecule has 0 fully saturated rings. The number of nitrogens with zero attached hydrogens (tertiary/aromatic N) is 3. The second-order valence-corrected chi connectivity index (χ2v) is 5.80. The predicted molar refractivity (Wildman–Crippen MR) is 79.4 cm³/mol. The second kappa shape index (κ2) is 5.99. The average Bonchev–Trinajstić information content (AvgIpc) is 2.81. The number of hydrogen-bond acceptors (Lipinski definition) is 3. The molecule has 0 unspecified atom stereocenters. The Bertz CT molecular complexity index is 582. The highest BCUT2D eigenvalue weighted by Gasteiger charge is 2.15. The third-order valence-corrected chi connectivity index (χ3v) is 3.31. The topological polar surface area (TPSA) is 47.8 Å². The molecule has 4 heteroatoms. The van der Waals surface area contributed by atoms with Crippen LogP contribution in [0.25, 0.3) is 5.69 Å². The molecular weight excluding hydrogens is 250 g/mol. The number of hydrogen-bond donors (Lipinski definition) is 0. The van der Waals surface area contributed by atoms with Crippen molar-refractivity contribution in [2.45, 2.75) is 40.0 Å². The third-order valence-electron chi connectivity index (χ3n) is 3.31. The van der Waals surface area contributed by atoms with Crippen molar-refractivity contribution < 1.29 is 4.79 Å². The van der Waals surface area contributed by atoms with Gasteiger partial charge < -0.3 is 0 Å². The van der Waals surface area contributed by atoms with E-state index in [0.717, 1.165) is 24.1 Å². The Labute approximate surface area is 119 Å². The highest BCUT2D eigenvalue weighted by Crippen LogP contribution is 2.19. The first-order valence-electron chi connectivity index (χ1n) is 7.03. The van der Waals surface area contributed by atoms with Crippen molar-refractivity contribution in [3.05, 3.63) is 41.2 Å². The van der Waals surface area contributed by atoms with E-state index in [1.807, 2.05) is 12.1 Å². The molecule has 0 aliphatic carbocycles. The van der Waals surface area contributed by atoms with E-state index in [0.29, 0.717) is 17.5 Å². The summed E-state index contributed by atoms with van der Waals surface area (Å²) in [5, 5.41) is 8.09. The minimum absolute atomic E-state index is 0.437. The molecule has 4 nitrogen and oxygen atoms in total. The smallest absolute Gasteiger partial charge is 0.172 e. The van der Waals surface area contributed by atoms with E-state index in [2.05, 4.69) is 50.1 Å². The largest absolute Gasteiger partial charge is 0.296 e. The highest BCUT2D eigenvalue weighted by molar-refractivity contribution is 5.73. The Morgan fingerprint density at radius 1 is 1.15 bits per heavy atom. The van der Waals surface area contributed by atoms with Crippen molar-refractivity contribution >= 4 is 6.29 Å². The van der Waals surface area contributed by atoms with Gasteiger partial charge in [-0.1, -0.05) is 45.0 Å². The molecule has 1 aromatic heterocycles. The SMILES string of the molecule is CC(C)Cc1c(C=O)nnn1-c1ccc(C(C)C)cc1. The van der Waals surface area contributed by atoms with Gasteiger partial charge in [0.2, 0.25) is 0 Å². The van der Waals surface area contributed by atoms with Crippen LogP contribution in [0.4, 0.5) is 0 Å². The number of aldehydes is 1. The van der Waals surface area contributed by atoms with Gasteiger partial charge in [0.1, 0.15) is 5.69 Å². The van der Waals surface area contributed by atoms with Crippen molar-refractivity contribution in [1.82, 2.24) is 15.0 Å². The zero-order chi connectivity index (χ0) is 14.7. The lowest BCUT2D eigenvalue weighted by atomic mass is 10.0. The van der Waals surface area contributed by atoms with Crippen LogP contribution in [0.2, 0.25) is 0 Å². The van der Waals surface area contributed by atoms with Gasteiger partial charge in [-0.05, 0) is 36.0 Å². The Morgan fingerprint density at radius 2 is 1.80 bits per heavy atom. The van der Waals surface area contributed by atoms with Gasteiger partial charge in [-0.15, -0.1) is 5.10 Å². The van der Waals surface area contributed by atoms with Crippen LogP contribution in [0.5, 0.6) is 0 Å². The van der Waals surface area contributed by atoms with Crippen LogP contribution in [0.3, 0.4) is 0 Å². The lowest BCUT2D eigenvalue weighted by Gasteiger charge is -2.10. The molecule has 0 N–H and O–H groups in total. The lowest BCUT2D eigenvalue weighted by Crippen LogP contribution is -2.07. The molecule has 2 aromatic rings. The summed E-state index contributed by atoms with van der Waals surface area (Å²) in [5.74, 6) is 0.946. The molecule has 0 radical (unpaired) electrons. The molecule has 0 amide bonds. The first kappa shape index (κ1) is 14.4. The van der Waals surface area contributed by atoms with E-state index in [1.165, 1.54) is 5.56 Å². The number of rotatable bonds is 5. The summed E-state index contributed by atoms with van der Waals surface area (Å²) in [6.07, 6.45) is 1.57. The molecule has 0 aliphatic heterocycles. The fourth-order valence-electron chi connectivity index (χ4n) is 2.19. The van der Waals surface area contributed by atoms with E-state index in [1.54, 1.807) is 4.68 Å². The van der Waals surface area contributed by atoms with Gasteiger partial charge in [0.15, 0.2) is 6.29 Å². The van der Waals surface area contributed by atoms with Gasteiger partial charge in [0, 0.05) is 0 Å². The number of aromatic nitrogens is 3. The first-order chi connectivity index (χ1) is 9.52. The molecule has 2 rings (SSSR count). The fourth-order valence-corrected chi connectivity index (χ4v) is 2.19. The summed E-state index contributed by atoms with van der Waals surface area (Å²) >= 11 is 0. The summed E-state index contributed by atoms with van der Waals surface area (Å²) in [4.78, 5) is 11.1. The Morgan fingerprint density at radius 3 is 2.30 bits per heavy atom. The zero-order valence-electron chi connectivity index (χ0n) is 12.5. The Balaban J connectivity index is 2.41. The molecule has 0 atom stereocenters. The van der Waals surface area contributed by atoms with E-state index in [4.69, 9.17) is 0 Å². The summed E-state index contributed by atoms with van der Waals surface area (Å²) in [7, 11) is 0. The summed E-state index contributed by atoms with van der Waals surface area (Å²) in [6, 6.07) is 8.26. The molecule has 1 aromatic carbocycles. The third kappa shape index (κ3) is 2.95. The molecule has 1 heterocycles. The second-order valence-electron chi connectivity index (χ2n) is 5.80. The maximum atomic E-state index is 11.1. The number of benzene rings is 1. The Kier molecular flexibility index (Phi) is 4.32. The molecular formula is C16H21N3O. The summed E-state index contributed by atoms with van der Waals surface area (Å²) in [5.41, 5.74) is 3.56. The standard InChI is InChI=1S/C16H21N3O/c1-11(2)9-16-15(10-20)17-18-19(16)14-7-5-13(6-8-14)12(3)4/h5-8,10-12H,9H2,1-4H3. The maximum Gasteiger partial charge on any atom is 0.172 e. The molecule has 0 bridgehead atoms. The first-order valence-corrected chi connectivity index (χ1v) is 7.03. The molecule has 0 spiro atoms. The maximum absolute atomic E-state index is 11.1. The van der Waals surface area contributed by atoms with Gasteiger partial charge >= 0.3 is 0 Å². The number of carbonyl (C=O) groups excluding carboxylic acids is 1. The monoisotopic (exact) mass is 271 g/mol. The lowest BCUT2D eigenvalue weighted by molar-refractivity contribution is 0.111. The minimum Gasteiger partial charge on any atom is -0.296 e. The van der Waals surface area contributed by atoms with Crippen molar-refractivity contribution in [2.24, 2.45) is 5.92 Å². The van der Waals surface area contributed by atoms with Crippen LogP contribution < -0.4 is 0 Å². The van der Waals surface area contributed by atoms with Crippen LogP contribution in [-0.4, -0.2) is 21.3 Å². The van der Waals surface area contributed by atoms with Crippen molar-refractivity contribution in [3.63, 3.8) is 0 Å². The van der Waals surface area contributed by atoms with E-state index >= 15 is 0 Å². The van der Waals surface area contributed by atoms with Gasteiger partial charge in [-0.3, -0.25) is 4.79 Å². The molecule has 106 valence electrons. The minimum atomic E-state index is 0.437. The van der Waals surface area contributed by atoms with Crippen LogP contribution in [0.15, 0.2) is 24.3 Å². The van der Waals surface area contributed by atoms with E-state index in [-0.39, 0.29) is 0 Å². The summed E-state index contributed by atoms with van der Waals surface area (Å²) < 4.78 is 1.77. The highest BCUT2D eigenvalue weighted by atomic mass is 16.1. The average molecular weight is 271 g/mol. The van der Waals surface area contributed by atoms with Crippen molar-refractivity contribution in [1.29, 1.82) is 0 Å². The fraction of sp³-hybridized carbons (Fsp3) is 0.438. The van der Waals surface area contributed by atoms with Crippen LogP contribution >= 0.6 is 0 Å². The number of carbonyl (C=O) groups is 1. The molecule has 0 saturated heterocycles. The predicted octanol–water partition coefficient (Wildman–Crippen LogP) is 3.40. The quantitative estimate of drug-likeness (QED) is 0.783. The van der Waals surface area contributed by atoms with E-state index in [9.17, 15) is 4.79 Å².